The Morgan fingerprint density at radius 1 is 1.16 bits per heavy atom. The Kier molecular flexibility index (Phi) is 4.88. The monoisotopic (exact) mass is 255 g/mol. The second kappa shape index (κ2) is 6.01. The van der Waals surface area contributed by atoms with Crippen LogP contribution in [-0.2, 0) is 0 Å². The maximum atomic E-state index is 4.70. The molecule has 0 unspecified atom stereocenters. The van der Waals surface area contributed by atoms with Gasteiger partial charge >= 0.3 is 0 Å². The van der Waals surface area contributed by atoms with Crippen molar-refractivity contribution >= 4 is 11.4 Å². The lowest BCUT2D eigenvalue weighted by Crippen LogP contribution is -2.07. The van der Waals surface area contributed by atoms with Crippen LogP contribution in [0.5, 0.6) is 0 Å². The van der Waals surface area contributed by atoms with E-state index in [0.717, 1.165) is 17.0 Å². The molecule has 0 spiro atoms. The van der Waals surface area contributed by atoms with E-state index in [-0.39, 0.29) is 5.41 Å². The number of aryl methyl sites for hydroxylation is 1. The second-order valence-electron chi connectivity index (χ2n) is 6.09. The van der Waals surface area contributed by atoms with E-state index < -0.39 is 0 Å². The highest BCUT2D eigenvalue weighted by molar-refractivity contribution is 5.99. The first kappa shape index (κ1) is 15.4. The maximum absolute atomic E-state index is 4.70. The Labute approximate surface area is 117 Å². The molecule has 0 saturated heterocycles. The molecule has 1 aromatic carbocycles. The van der Waals surface area contributed by atoms with Crippen molar-refractivity contribution in [3.05, 3.63) is 53.6 Å². The zero-order valence-corrected chi connectivity index (χ0v) is 13.0. The number of rotatable bonds is 3. The Morgan fingerprint density at radius 2 is 1.74 bits per heavy atom. The molecule has 0 radical (unpaired) electrons. The Hall–Kier alpha value is -1.63. The van der Waals surface area contributed by atoms with Crippen LogP contribution in [0.3, 0.4) is 0 Å². The van der Waals surface area contributed by atoms with Crippen molar-refractivity contribution in [2.75, 3.05) is 0 Å². The smallest absolute Gasteiger partial charge is 0.0662 e. The van der Waals surface area contributed by atoms with Crippen LogP contribution >= 0.6 is 0 Å². The van der Waals surface area contributed by atoms with E-state index >= 15 is 0 Å². The average Bonchev–Trinajstić information content (AvgIpc) is 2.30. The van der Waals surface area contributed by atoms with E-state index in [1.165, 1.54) is 11.1 Å². The van der Waals surface area contributed by atoms with Crippen molar-refractivity contribution in [1.82, 2.24) is 0 Å². The number of benzene rings is 1. The normalized spacial score (nSPS) is 13.6. The molecule has 0 aliphatic carbocycles. The van der Waals surface area contributed by atoms with Gasteiger partial charge < -0.3 is 0 Å². The second-order valence-corrected chi connectivity index (χ2v) is 6.09. The van der Waals surface area contributed by atoms with E-state index in [1.54, 1.807) is 0 Å². The fraction of sp³-hybridized carbons (Fsp3) is 0.389. The van der Waals surface area contributed by atoms with Gasteiger partial charge in [0, 0.05) is 5.71 Å². The third-order valence-electron chi connectivity index (χ3n) is 3.33. The van der Waals surface area contributed by atoms with Crippen molar-refractivity contribution in [2.45, 2.75) is 41.5 Å². The molecule has 102 valence electrons. The van der Waals surface area contributed by atoms with E-state index in [0.29, 0.717) is 0 Å². The van der Waals surface area contributed by atoms with Gasteiger partial charge in [-0.3, -0.25) is 4.99 Å². The van der Waals surface area contributed by atoms with Crippen LogP contribution in [0.4, 0.5) is 5.69 Å². The topological polar surface area (TPSA) is 12.4 Å². The van der Waals surface area contributed by atoms with Gasteiger partial charge in [0.15, 0.2) is 0 Å². The molecule has 0 amide bonds. The Balaban J connectivity index is 3.01. The van der Waals surface area contributed by atoms with E-state index in [9.17, 15) is 0 Å². The minimum Gasteiger partial charge on any atom is -0.253 e. The van der Waals surface area contributed by atoms with Crippen LogP contribution in [0.1, 0.15) is 40.2 Å². The van der Waals surface area contributed by atoms with Crippen LogP contribution in [0.15, 0.2) is 53.1 Å². The molecule has 0 aromatic heterocycles. The molecule has 1 heteroatoms. The fourth-order valence-electron chi connectivity index (χ4n) is 1.54. The number of aliphatic imine (C=N–C) groups is 1. The zero-order chi connectivity index (χ0) is 14.6. The van der Waals surface area contributed by atoms with E-state index in [4.69, 9.17) is 4.99 Å². The number of hydrogen-bond acceptors (Lipinski definition) is 1. The minimum absolute atomic E-state index is 0.101. The molecule has 0 aliphatic heterocycles. The molecule has 1 nitrogen and oxygen atoms in total. The van der Waals surface area contributed by atoms with E-state index in [2.05, 4.69) is 53.3 Å². The molecule has 0 bridgehead atoms. The molecule has 19 heavy (non-hydrogen) atoms. The number of para-hydroxylation sites is 1. The van der Waals surface area contributed by atoms with Crippen LogP contribution < -0.4 is 0 Å². The van der Waals surface area contributed by atoms with Crippen molar-refractivity contribution in [3.63, 3.8) is 0 Å². The minimum atomic E-state index is 0.101. The van der Waals surface area contributed by atoms with Gasteiger partial charge in [-0.1, -0.05) is 51.6 Å². The summed E-state index contributed by atoms with van der Waals surface area (Å²) in [5.74, 6) is 0. The molecule has 0 fully saturated rings. The van der Waals surface area contributed by atoms with Gasteiger partial charge in [0.2, 0.25) is 0 Å². The van der Waals surface area contributed by atoms with Gasteiger partial charge in [-0.2, -0.15) is 0 Å². The van der Waals surface area contributed by atoms with Crippen LogP contribution in [-0.4, -0.2) is 5.71 Å². The SMILES string of the molecule is C=C(C=C(C)C(C)=Nc1ccccc1C)C(C)(C)C. The van der Waals surface area contributed by atoms with Gasteiger partial charge in [-0.15, -0.1) is 0 Å². The largest absolute Gasteiger partial charge is 0.253 e. The Morgan fingerprint density at radius 3 is 2.26 bits per heavy atom. The summed E-state index contributed by atoms with van der Waals surface area (Å²) in [7, 11) is 0. The lowest BCUT2D eigenvalue weighted by molar-refractivity contribution is 0.518. The fourth-order valence-corrected chi connectivity index (χ4v) is 1.54. The number of allylic oxidation sites excluding steroid dienone is 3. The molecule has 0 N–H and O–H groups in total. The molecule has 0 heterocycles. The van der Waals surface area contributed by atoms with Gasteiger partial charge in [0.1, 0.15) is 0 Å². The lowest BCUT2D eigenvalue weighted by Gasteiger charge is -2.19. The molecule has 1 rings (SSSR count). The highest BCUT2D eigenvalue weighted by Gasteiger charge is 2.13. The summed E-state index contributed by atoms with van der Waals surface area (Å²) in [6, 6.07) is 8.18. The van der Waals surface area contributed by atoms with Gasteiger partial charge in [-0.25, -0.2) is 0 Å². The summed E-state index contributed by atoms with van der Waals surface area (Å²) in [5, 5.41) is 0. The predicted molar refractivity (Wildman–Crippen MR) is 86.3 cm³/mol. The summed E-state index contributed by atoms with van der Waals surface area (Å²) in [6.45, 7) is 16.9. The molecule has 1 aromatic rings. The van der Waals surface area contributed by atoms with Gasteiger partial charge in [0.05, 0.1) is 5.69 Å². The van der Waals surface area contributed by atoms with Gasteiger partial charge in [-0.05, 0) is 49.0 Å². The van der Waals surface area contributed by atoms with Crippen LogP contribution in [0.2, 0.25) is 0 Å². The first-order chi connectivity index (χ1) is 8.71. The standard InChI is InChI=1S/C18H25N/c1-13-10-8-9-11-17(13)19-16(4)14(2)12-15(3)18(5,6)7/h8-12H,3H2,1-2,4-7H3. The predicted octanol–water partition coefficient (Wildman–Crippen LogP) is 5.64. The van der Waals surface area contributed by atoms with Crippen molar-refractivity contribution in [2.24, 2.45) is 10.4 Å². The molecule has 0 aliphatic rings. The Bertz CT molecular complexity index is 525. The first-order valence-electron chi connectivity index (χ1n) is 6.71. The van der Waals surface area contributed by atoms with Crippen molar-refractivity contribution in [1.29, 1.82) is 0 Å². The number of nitrogens with zero attached hydrogens (tertiary/aromatic N) is 1. The molecule has 0 atom stereocenters. The third kappa shape index (κ3) is 4.51. The number of hydrogen-bond donors (Lipinski definition) is 0. The van der Waals surface area contributed by atoms with Gasteiger partial charge in [0.25, 0.3) is 0 Å². The first-order valence-corrected chi connectivity index (χ1v) is 6.71. The summed E-state index contributed by atoms with van der Waals surface area (Å²) in [5.41, 5.74) is 5.68. The third-order valence-corrected chi connectivity index (χ3v) is 3.33. The summed E-state index contributed by atoms with van der Waals surface area (Å²) in [6.07, 6.45) is 2.14. The quantitative estimate of drug-likeness (QED) is 0.490. The summed E-state index contributed by atoms with van der Waals surface area (Å²) < 4.78 is 0. The maximum Gasteiger partial charge on any atom is 0.0662 e. The highest BCUT2D eigenvalue weighted by atomic mass is 14.7. The van der Waals surface area contributed by atoms with Crippen LogP contribution in [0, 0.1) is 12.3 Å². The molecule has 0 saturated carbocycles. The average molecular weight is 255 g/mol. The zero-order valence-electron chi connectivity index (χ0n) is 13.0. The molecular formula is C18H25N. The highest BCUT2D eigenvalue weighted by Crippen LogP contribution is 2.26. The lowest BCUT2D eigenvalue weighted by atomic mass is 9.86. The summed E-state index contributed by atoms with van der Waals surface area (Å²) >= 11 is 0. The summed E-state index contributed by atoms with van der Waals surface area (Å²) in [4.78, 5) is 4.70. The van der Waals surface area contributed by atoms with Crippen molar-refractivity contribution in [3.8, 4) is 0 Å². The van der Waals surface area contributed by atoms with Crippen molar-refractivity contribution < 1.29 is 0 Å². The molecular weight excluding hydrogens is 230 g/mol. The van der Waals surface area contributed by atoms with E-state index in [1.807, 2.05) is 25.1 Å². The van der Waals surface area contributed by atoms with Crippen LogP contribution in [0.25, 0.3) is 0 Å².